The Kier molecular flexibility index (Phi) is 5.17. The van der Waals surface area contributed by atoms with Gasteiger partial charge in [0.25, 0.3) is 5.91 Å². The zero-order valence-corrected chi connectivity index (χ0v) is 17.2. The SMILES string of the molecule is Cc1cc(-c2csc(NC(=O)c3cccnc3Cl)n2)c(C)n1-c1ccc(F)cc1. The number of rotatable bonds is 4. The van der Waals surface area contributed by atoms with Crippen LogP contribution in [0, 0.1) is 19.7 Å². The molecule has 1 N–H and O–H groups in total. The van der Waals surface area contributed by atoms with E-state index >= 15 is 0 Å². The van der Waals surface area contributed by atoms with E-state index in [4.69, 9.17) is 11.6 Å². The van der Waals surface area contributed by atoms with Crippen LogP contribution in [0.25, 0.3) is 16.9 Å². The van der Waals surface area contributed by atoms with Crippen LogP contribution in [0.5, 0.6) is 0 Å². The number of pyridine rings is 1. The Morgan fingerprint density at radius 3 is 2.69 bits per heavy atom. The van der Waals surface area contributed by atoms with Crippen LogP contribution in [-0.2, 0) is 0 Å². The van der Waals surface area contributed by atoms with Gasteiger partial charge in [-0.1, -0.05) is 11.6 Å². The summed E-state index contributed by atoms with van der Waals surface area (Å²) in [6, 6.07) is 11.6. The topological polar surface area (TPSA) is 59.8 Å². The average molecular weight is 427 g/mol. The number of amides is 1. The molecule has 4 aromatic rings. The van der Waals surface area contributed by atoms with Gasteiger partial charge in [0, 0.05) is 34.2 Å². The molecule has 0 saturated heterocycles. The minimum absolute atomic E-state index is 0.143. The summed E-state index contributed by atoms with van der Waals surface area (Å²) in [5.41, 5.74) is 4.85. The molecule has 29 heavy (non-hydrogen) atoms. The third kappa shape index (κ3) is 3.79. The van der Waals surface area contributed by atoms with Crippen molar-refractivity contribution >= 4 is 34.0 Å². The lowest BCUT2D eigenvalue weighted by Gasteiger charge is -2.09. The Hall–Kier alpha value is -3.03. The van der Waals surface area contributed by atoms with Crippen LogP contribution < -0.4 is 5.32 Å². The van der Waals surface area contributed by atoms with E-state index in [1.165, 1.54) is 29.7 Å². The van der Waals surface area contributed by atoms with Crippen molar-refractivity contribution in [3.63, 3.8) is 0 Å². The summed E-state index contributed by atoms with van der Waals surface area (Å²) in [7, 11) is 0. The molecule has 0 radical (unpaired) electrons. The van der Waals surface area contributed by atoms with E-state index in [1.807, 2.05) is 29.9 Å². The monoisotopic (exact) mass is 426 g/mol. The van der Waals surface area contributed by atoms with Crippen molar-refractivity contribution in [2.45, 2.75) is 13.8 Å². The third-order valence-corrected chi connectivity index (χ3v) is 5.58. The first-order valence-electron chi connectivity index (χ1n) is 8.76. The molecule has 0 aliphatic rings. The summed E-state index contributed by atoms with van der Waals surface area (Å²) < 4.78 is 15.3. The third-order valence-electron chi connectivity index (χ3n) is 4.52. The maximum atomic E-state index is 13.3. The van der Waals surface area contributed by atoms with Crippen LogP contribution in [0.1, 0.15) is 21.7 Å². The molecule has 0 aliphatic heterocycles. The maximum absolute atomic E-state index is 13.3. The zero-order valence-electron chi connectivity index (χ0n) is 15.6. The van der Waals surface area contributed by atoms with E-state index in [-0.39, 0.29) is 16.9 Å². The number of carbonyl (C=O) groups excluding carboxylic acids is 1. The fraction of sp³-hybridized carbons (Fsp3) is 0.0952. The molecule has 0 atom stereocenters. The van der Waals surface area contributed by atoms with Crippen molar-refractivity contribution < 1.29 is 9.18 Å². The Morgan fingerprint density at radius 2 is 1.97 bits per heavy atom. The van der Waals surface area contributed by atoms with E-state index in [1.54, 1.807) is 24.3 Å². The maximum Gasteiger partial charge on any atom is 0.260 e. The predicted molar refractivity (Wildman–Crippen MR) is 114 cm³/mol. The van der Waals surface area contributed by atoms with Gasteiger partial charge in [-0.2, -0.15) is 0 Å². The Bertz CT molecular complexity index is 1200. The molecule has 0 fully saturated rings. The highest BCUT2D eigenvalue weighted by atomic mass is 35.5. The number of hydrogen-bond acceptors (Lipinski definition) is 4. The highest BCUT2D eigenvalue weighted by molar-refractivity contribution is 7.14. The molecule has 1 amide bonds. The van der Waals surface area contributed by atoms with Crippen LogP contribution in [0.15, 0.2) is 54.0 Å². The molecule has 5 nitrogen and oxygen atoms in total. The number of carbonyl (C=O) groups is 1. The summed E-state index contributed by atoms with van der Waals surface area (Å²) in [5, 5.41) is 5.26. The summed E-state index contributed by atoms with van der Waals surface area (Å²) in [5.74, 6) is -0.633. The van der Waals surface area contributed by atoms with Crippen LogP contribution in [0.3, 0.4) is 0 Å². The molecule has 0 spiro atoms. The van der Waals surface area contributed by atoms with Crippen LogP contribution >= 0.6 is 22.9 Å². The fourth-order valence-electron chi connectivity index (χ4n) is 3.18. The minimum atomic E-state index is -0.360. The Labute approximate surface area is 175 Å². The van der Waals surface area contributed by atoms with Crippen molar-refractivity contribution in [3.05, 3.63) is 82.0 Å². The van der Waals surface area contributed by atoms with Crippen molar-refractivity contribution in [2.24, 2.45) is 0 Å². The second kappa shape index (κ2) is 7.77. The second-order valence-electron chi connectivity index (χ2n) is 6.43. The van der Waals surface area contributed by atoms with E-state index in [0.29, 0.717) is 10.7 Å². The molecular weight excluding hydrogens is 411 g/mol. The molecule has 0 unspecified atom stereocenters. The lowest BCUT2D eigenvalue weighted by atomic mass is 10.2. The number of benzene rings is 1. The number of aryl methyl sites for hydroxylation is 1. The van der Waals surface area contributed by atoms with Gasteiger partial charge in [-0.3, -0.25) is 10.1 Å². The van der Waals surface area contributed by atoms with Gasteiger partial charge in [-0.25, -0.2) is 14.4 Å². The number of thiazole rings is 1. The van der Waals surface area contributed by atoms with E-state index < -0.39 is 0 Å². The highest BCUT2D eigenvalue weighted by Crippen LogP contribution is 2.32. The van der Waals surface area contributed by atoms with Crippen molar-refractivity contribution in [2.75, 3.05) is 5.32 Å². The van der Waals surface area contributed by atoms with Gasteiger partial charge in [0.1, 0.15) is 11.0 Å². The van der Waals surface area contributed by atoms with E-state index in [0.717, 1.165) is 28.3 Å². The number of halogens is 2. The van der Waals surface area contributed by atoms with Crippen molar-refractivity contribution in [1.82, 2.24) is 14.5 Å². The smallest absolute Gasteiger partial charge is 0.260 e. The lowest BCUT2D eigenvalue weighted by molar-refractivity contribution is 0.102. The standard InChI is InChI=1S/C21H16ClFN4OS/c1-12-10-17(13(2)27(12)15-7-5-14(23)6-8-15)18-11-29-21(25-18)26-20(28)16-4-3-9-24-19(16)22/h3-11H,1-2H3,(H,25,26,28). The van der Waals surface area contributed by atoms with Crippen LogP contribution in [0.2, 0.25) is 5.15 Å². The molecule has 8 heteroatoms. The molecule has 0 saturated carbocycles. The molecule has 0 bridgehead atoms. The first-order chi connectivity index (χ1) is 13.9. The number of nitrogens with one attached hydrogen (secondary N) is 1. The van der Waals surface area contributed by atoms with Gasteiger partial charge in [0.15, 0.2) is 5.13 Å². The molecular formula is C21H16ClFN4OS. The zero-order chi connectivity index (χ0) is 20.5. The summed E-state index contributed by atoms with van der Waals surface area (Å²) >= 11 is 7.31. The number of aromatic nitrogens is 3. The minimum Gasteiger partial charge on any atom is -0.318 e. The molecule has 3 aromatic heterocycles. The number of anilines is 1. The molecule has 4 rings (SSSR count). The lowest BCUT2D eigenvalue weighted by Crippen LogP contribution is -2.12. The summed E-state index contributed by atoms with van der Waals surface area (Å²) in [6.07, 6.45) is 1.53. The van der Waals surface area contributed by atoms with Crippen LogP contribution in [0.4, 0.5) is 9.52 Å². The average Bonchev–Trinajstić information content (AvgIpc) is 3.27. The predicted octanol–water partition coefficient (Wildman–Crippen LogP) is 5.66. The van der Waals surface area contributed by atoms with Crippen molar-refractivity contribution in [3.8, 4) is 16.9 Å². The molecule has 1 aromatic carbocycles. The number of hydrogen-bond donors (Lipinski definition) is 1. The first-order valence-corrected chi connectivity index (χ1v) is 10.0. The molecule has 0 aliphatic carbocycles. The molecule has 3 heterocycles. The Morgan fingerprint density at radius 1 is 1.21 bits per heavy atom. The van der Waals surface area contributed by atoms with Crippen molar-refractivity contribution in [1.29, 1.82) is 0 Å². The highest BCUT2D eigenvalue weighted by Gasteiger charge is 2.17. The first kappa shape index (κ1) is 19.3. The van der Waals surface area contributed by atoms with E-state index in [2.05, 4.69) is 15.3 Å². The Balaban J connectivity index is 1.62. The van der Waals surface area contributed by atoms with Gasteiger partial charge in [-0.15, -0.1) is 11.3 Å². The fourth-order valence-corrected chi connectivity index (χ4v) is 4.10. The number of nitrogens with zero attached hydrogens (tertiary/aromatic N) is 3. The quantitative estimate of drug-likeness (QED) is 0.428. The van der Waals surface area contributed by atoms with Gasteiger partial charge < -0.3 is 4.57 Å². The van der Waals surface area contributed by atoms with Gasteiger partial charge in [-0.05, 0) is 56.3 Å². The van der Waals surface area contributed by atoms with E-state index in [9.17, 15) is 9.18 Å². The normalized spacial score (nSPS) is 10.9. The van der Waals surface area contributed by atoms with Gasteiger partial charge >= 0.3 is 0 Å². The summed E-state index contributed by atoms with van der Waals surface area (Å²) in [4.78, 5) is 20.9. The van der Waals surface area contributed by atoms with Gasteiger partial charge in [0.05, 0.1) is 11.3 Å². The van der Waals surface area contributed by atoms with Crippen LogP contribution in [-0.4, -0.2) is 20.4 Å². The van der Waals surface area contributed by atoms with Gasteiger partial charge in [0.2, 0.25) is 0 Å². The summed E-state index contributed by atoms with van der Waals surface area (Å²) in [6.45, 7) is 3.97. The molecule has 146 valence electrons. The second-order valence-corrected chi connectivity index (χ2v) is 7.65. The largest absolute Gasteiger partial charge is 0.318 e.